The molecular formula is C10H18N2O2. The third kappa shape index (κ3) is 2.05. The summed E-state index contributed by atoms with van der Waals surface area (Å²) >= 11 is 0. The number of amides is 2. The zero-order valence-electron chi connectivity index (χ0n) is 9.28. The van der Waals surface area contributed by atoms with E-state index in [4.69, 9.17) is 0 Å². The highest BCUT2D eigenvalue weighted by Crippen LogP contribution is 2.15. The highest BCUT2D eigenvalue weighted by atomic mass is 16.2. The van der Waals surface area contributed by atoms with Crippen molar-refractivity contribution in [3.05, 3.63) is 0 Å². The van der Waals surface area contributed by atoms with Crippen LogP contribution in [0.1, 0.15) is 27.7 Å². The summed E-state index contributed by atoms with van der Waals surface area (Å²) in [5.74, 6) is 0.181. The second-order valence-corrected chi connectivity index (χ2v) is 4.04. The molecule has 1 rings (SSSR count). The van der Waals surface area contributed by atoms with Crippen LogP contribution in [-0.4, -0.2) is 46.8 Å². The summed E-state index contributed by atoms with van der Waals surface area (Å²) in [7, 11) is 0. The standard InChI is InChI=1S/C10H18N2O2/c1-7-5-12(10(4)14)8(2)6-11(7)9(3)13/h7-8H,5-6H2,1-4H3. The van der Waals surface area contributed by atoms with Crippen molar-refractivity contribution in [2.75, 3.05) is 13.1 Å². The molecular weight excluding hydrogens is 180 g/mol. The average Bonchev–Trinajstić information content (AvgIpc) is 2.07. The van der Waals surface area contributed by atoms with E-state index in [1.54, 1.807) is 13.8 Å². The normalized spacial score (nSPS) is 27.7. The highest BCUT2D eigenvalue weighted by Gasteiger charge is 2.31. The summed E-state index contributed by atoms with van der Waals surface area (Å²) < 4.78 is 0. The molecule has 0 saturated carbocycles. The fraction of sp³-hybridized carbons (Fsp3) is 0.800. The van der Waals surface area contributed by atoms with Gasteiger partial charge in [0.15, 0.2) is 0 Å². The van der Waals surface area contributed by atoms with E-state index in [1.165, 1.54) is 0 Å². The SMILES string of the molecule is CC(=O)N1CC(C)N(C(C)=O)CC1C. The van der Waals surface area contributed by atoms with Crippen molar-refractivity contribution in [2.45, 2.75) is 39.8 Å². The molecule has 14 heavy (non-hydrogen) atoms. The van der Waals surface area contributed by atoms with Crippen LogP contribution in [0.25, 0.3) is 0 Å². The fourth-order valence-corrected chi connectivity index (χ4v) is 2.00. The van der Waals surface area contributed by atoms with E-state index in [-0.39, 0.29) is 23.9 Å². The van der Waals surface area contributed by atoms with E-state index in [0.717, 1.165) is 0 Å². The Morgan fingerprint density at radius 1 is 0.929 bits per heavy atom. The van der Waals surface area contributed by atoms with Crippen LogP contribution in [0.15, 0.2) is 0 Å². The highest BCUT2D eigenvalue weighted by molar-refractivity contribution is 5.76. The van der Waals surface area contributed by atoms with Gasteiger partial charge in [-0.05, 0) is 13.8 Å². The molecule has 0 aliphatic carbocycles. The fourth-order valence-electron chi connectivity index (χ4n) is 2.00. The van der Waals surface area contributed by atoms with E-state index >= 15 is 0 Å². The predicted octanol–water partition coefficient (Wildman–Crippen LogP) is 0.474. The minimum Gasteiger partial charge on any atom is -0.336 e. The number of nitrogens with zero attached hydrogens (tertiary/aromatic N) is 2. The Hall–Kier alpha value is -1.06. The van der Waals surface area contributed by atoms with E-state index in [1.807, 2.05) is 23.6 Å². The molecule has 0 spiro atoms. The third-order valence-electron chi connectivity index (χ3n) is 2.79. The Labute approximate surface area is 84.9 Å². The van der Waals surface area contributed by atoms with Gasteiger partial charge in [0, 0.05) is 39.0 Å². The van der Waals surface area contributed by atoms with Gasteiger partial charge in [-0.1, -0.05) is 0 Å². The van der Waals surface area contributed by atoms with Gasteiger partial charge >= 0.3 is 0 Å². The second-order valence-electron chi connectivity index (χ2n) is 4.04. The first-order valence-electron chi connectivity index (χ1n) is 4.98. The van der Waals surface area contributed by atoms with E-state index in [2.05, 4.69) is 0 Å². The smallest absolute Gasteiger partial charge is 0.219 e. The molecule has 2 amide bonds. The first-order valence-corrected chi connectivity index (χ1v) is 4.98. The third-order valence-corrected chi connectivity index (χ3v) is 2.79. The van der Waals surface area contributed by atoms with Gasteiger partial charge in [-0.2, -0.15) is 0 Å². The summed E-state index contributed by atoms with van der Waals surface area (Å²) in [4.78, 5) is 26.2. The minimum absolute atomic E-state index is 0.0903. The summed E-state index contributed by atoms with van der Waals surface area (Å²) in [6.45, 7) is 8.40. The van der Waals surface area contributed by atoms with Crippen molar-refractivity contribution in [3.63, 3.8) is 0 Å². The lowest BCUT2D eigenvalue weighted by Gasteiger charge is -2.43. The van der Waals surface area contributed by atoms with E-state index < -0.39 is 0 Å². The van der Waals surface area contributed by atoms with E-state index in [9.17, 15) is 9.59 Å². The van der Waals surface area contributed by atoms with Crippen LogP contribution in [0.4, 0.5) is 0 Å². The molecule has 0 bridgehead atoms. The Morgan fingerprint density at radius 3 is 1.43 bits per heavy atom. The van der Waals surface area contributed by atoms with Crippen LogP contribution in [0.5, 0.6) is 0 Å². The molecule has 1 fully saturated rings. The predicted molar refractivity (Wildman–Crippen MR) is 53.7 cm³/mol. The maximum atomic E-state index is 11.3. The number of piperazine rings is 1. The van der Waals surface area contributed by atoms with Gasteiger partial charge in [0.2, 0.25) is 11.8 Å². The number of carbonyl (C=O) groups is 2. The molecule has 0 radical (unpaired) electrons. The van der Waals surface area contributed by atoms with Crippen LogP contribution in [0.3, 0.4) is 0 Å². The largest absolute Gasteiger partial charge is 0.336 e. The van der Waals surface area contributed by atoms with E-state index in [0.29, 0.717) is 13.1 Å². The number of carbonyl (C=O) groups excluding carboxylic acids is 2. The van der Waals surface area contributed by atoms with Crippen molar-refractivity contribution in [1.82, 2.24) is 9.80 Å². The lowest BCUT2D eigenvalue weighted by Crippen LogP contribution is -2.58. The average molecular weight is 198 g/mol. The second kappa shape index (κ2) is 3.98. The molecule has 0 N–H and O–H groups in total. The number of rotatable bonds is 0. The topological polar surface area (TPSA) is 40.6 Å². The van der Waals surface area contributed by atoms with Crippen LogP contribution < -0.4 is 0 Å². The van der Waals surface area contributed by atoms with Crippen molar-refractivity contribution in [3.8, 4) is 0 Å². The maximum Gasteiger partial charge on any atom is 0.219 e. The summed E-state index contributed by atoms with van der Waals surface area (Å²) in [6, 6.07) is 0.264. The summed E-state index contributed by atoms with van der Waals surface area (Å²) in [5, 5.41) is 0. The van der Waals surface area contributed by atoms with Crippen molar-refractivity contribution in [1.29, 1.82) is 0 Å². The van der Waals surface area contributed by atoms with Crippen molar-refractivity contribution >= 4 is 11.8 Å². The lowest BCUT2D eigenvalue weighted by molar-refractivity contribution is -0.143. The van der Waals surface area contributed by atoms with Crippen LogP contribution >= 0.6 is 0 Å². The van der Waals surface area contributed by atoms with Crippen molar-refractivity contribution < 1.29 is 9.59 Å². The van der Waals surface area contributed by atoms with Crippen LogP contribution in [0, 0.1) is 0 Å². The molecule has 1 aliphatic heterocycles. The molecule has 2 unspecified atom stereocenters. The number of hydrogen-bond donors (Lipinski definition) is 0. The molecule has 1 saturated heterocycles. The van der Waals surface area contributed by atoms with Crippen molar-refractivity contribution in [2.24, 2.45) is 0 Å². The zero-order chi connectivity index (χ0) is 10.9. The molecule has 4 heteroatoms. The Bertz CT molecular complexity index is 227. The number of hydrogen-bond acceptors (Lipinski definition) is 2. The van der Waals surface area contributed by atoms with Crippen LogP contribution in [0.2, 0.25) is 0 Å². The lowest BCUT2D eigenvalue weighted by atomic mass is 10.1. The molecule has 0 aromatic carbocycles. The zero-order valence-corrected chi connectivity index (χ0v) is 9.28. The maximum absolute atomic E-state index is 11.3. The molecule has 4 nitrogen and oxygen atoms in total. The van der Waals surface area contributed by atoms with Gasteiger partial charge in [0.05, 0.1) is 0 Å². The molecule has 80 valence electrons. The summed E-state index contributed by atoms with van der Waals surface area (Å²) in [5.41, 5.74) is 0. The van der Waals surface area contributed by atoms with Gasteiger partial charge in [0.1, 0.15) is 0 Å². The van der Waals surface area contributed by atoms with Crippen LogP contribution in [-0.2, 0) is 9.59 Å². The van der Waals surface area contributed by atoms with Gasteiger partial charge in [-0.3, -0.25) is 9.59 Å². The molecule has 2 atom stereocenters. The Balaban J connectivity index is 2.71. The van der Waals surface area contributed by atoms with Gasteiger partial charge in [0.25, 0.3) is 0 Å². The molecule has 1 aliphatic rings. The van der Waals surface area contributed by atoms with Gasteiger partial charge < -0.3 is 9.80 Å². The Morgan fingerprint density at radius 2 is 1.21 bits per heavy atom. The first-order chi connectivity index (χ1) is 6.43. The summed E-state index contributed by atoms with van der Waals surface area (Å²) in [6.07, 6.45) is 0. The molecule has 1 heterocycles. The first kappa shape index (κ1) is 11.0. The van der Waals surface area contributed by atoms with Gasteiger partial charge in [-0.15, -0.1) is 0 Å². The molecule has 0 aromatic rings. The molecule has 0 aromatic heterocycles. The minimum atomic E-state index is 0.0903. The monoisotopic (exact) mass is 198 g/mol. The Kier molecular flexibility index (Phi) is 3.13. The quantitative estimate of drug-likeness (QED) is 0.568. The van der Waals surface area contributed by atoms with Gasteiger partial charge in [-0.25, -0.2) is 0 Å².